The molecule has 0 heterocycles. The first-order chi connectivity index (χ1) is 3.89. The molecule has 1 aliphatic carbocycles. The summed E-state index contributed by atoms with van der Waals surface area (Å²) < 4.78 is 0. The van der Waals surface area contributed by atoms with Gasteiger partial charge in [0.1, 0.15) is 5.78 Å². The molecule has 0 atom stereocenters. The third-order valence-electron chi connectivity index (χ3n) is 1.34. The van der Waals surface area contributed by atoms with E-state index in [0.29, 0.717) is 12.2 Å². The third kappa shape index (κ3) is 1.49. The van der Waals surface area contributed by atoms with Gasteiger partial charge in [-0.2, -0.15) is 0 Å². The van der Waals surface area contributed by atoms with Crippen LogP contribution in [-0.4, -0.2) is 5.78 Å². The van der Waals surface area contributed by atoms with Crippen LogP contribution in [0.4, 0.5) is 0 Å². The molecule has 1 heteroatoms. The summed E-state index contributed by atoms with van der Waals surface area (Å²) >= 11 is 0. The molecule has 0 aromatic heterocycles. The fraction of sp³-hybridized carbons (Fsp3) is 0.571. The van der Waals surface area contributed by atoms with E-state index in [-0.39, 0.29) is 0 Å². The van der Waals surface area contributed by atoms with Crippen LogP contribution in [-0.2, 0) is 4.79 Å². The first-order valence-electron chi connectivity index (χ1n) is 3.06. The van der Waals surface area contributed by atoms with Crippen molar-refractivity contribution in [3.63, 3.8) is 0 Å². The highest BCUT2D eigenvalue weighted by Gasteiger charge is 2.00. The number of carbonyl (C=O) groups is 1. The van der Waals surface area contributed by atoms with E-state index in [1.807, 2.05) is 6.08 Å². The molecule has 0 spiro atoms. The highest BCUT2D eigenvalue weighted by molar-refractivity contribution is 5.80. The van der Waals surface area contributed by atoms with Crippen molar-refractivity contribution >= 4 is 5.78 Å². The van der Waals surface area contributed by atoms with Gasteiger partial charge in [-0.15, -0.1) is 0 Å². The van der Waals surface area contributed by atoms with E-state index in [1.165, 1.54) is 0 Å². The maximum absolute atomic E-state index is 10.6. The summed E-state index contributed by atoms with van der Waals surface area (Å²) in [6, 6.07) is 0. The zero-order valence-electron chi connectivity index (χ0n) is 4.89. The Morgan fingerprint density at radius 3 is 3.12 bits per heavy atom. The van der Waals surface area contributed by atoms with E-state index in [9.17, 15) is 4.79 Å². The van der Waals surface area contributed by atoms with Crippen LogP contribution in [0.3, 0.4) is 0 Å². The van der Waals surface area contributed by atoms with Gasteiger partial charge in [0.25, 0.3) is 0 Å². The van der Waals surface area contributed by atoms with E-state index in [2.05, 4.69) is 6.08 Å². The Morgan fingerprint density at radius 2 is 2.25 bits per heavy atom. The van der Waals surface area contributed by atoms with Crippen molar-refractivity contribution in [2.45, 2.75) is 25.7 Å². The summed E-state index contributed by atoms with van der Waals surface area (Å²) in [6.07, 6.45) is 7.65. The third-order valence-corrected chi connectivity index (χ3v) is 1.34. The molecule has 0 radical (unpaired) electrons. The monoisotopic (exact) mass is 110 g/mol. The average molecular weight is 110 g/mol. The summed E-state index contributed by atoms with van der Waals surface area (Å²) in [7, 11) is 0. The molecule has 0 bridgehead atoms. The van der Waals surface area contributed by atoms with Crippen molar-refractivity contribution in [2.75, 3.05) is 0 Å². The van der Waals surface area contributed by atoms with Gasteiger partial charge in [0.05, 0.1) is 0 Å². The summed E-state index contributed by atoms with van der Waals surface area (Å²) in [5.41, 5.74) is 0. The molecule has 0 saturated heterocycles. The van der Waals surface area contributed by atoms with Crippen LogP contribution in [0.1, 0.15) is 25.7 Å². The molecular formula is C7H10O. The minimum atomic E-state index is 0.388. The number of hydrogen-bond donors (Lipinski definition) is 0. The standard InChI is InChI=1S/C7H10O/c8-7-5-3-1-2-4-6-7/h1,3H,2,4-6H2. The normalized spacial score (nSPS) is 20.8. The maximum Gasteiger partial charge on any atom is 0.136 e. The lowest BCUT2D eigenvalue weighted by atomic mass is 10.2. The molecule has 0 fully saturated rings. The Hall–Kier alpha value is -0.590. The predicted octanol–water partition coefficient (Wildman–Crippen LogP) is 1.69. The van der Waals surface area contributed by atoms with Gasteiger partial charge in [-0.25, -0.2) is 0 Å². The van der Waals surface area contributed by atoms with Crippen LogP contribution >= 0.6 is 0 Å². The molecule has 1 rings (SSSR count). The van der Waals surface area contributed by atoms with Crippen molar-refractivity contribution in [3.05, 3.63) is 12.2 Å². The fourth-order valence-corrected chi connectivity index (χ4v) is 0.852. The van der Waals surface area contributed by atoms with Gasteiger partial charge in [0.2, 0.25) is 0 Å². The fourth-order valence-electron chi connectivity index (χ4n) is 0.852. The lowest BCUT2D eigenvalue weighted by Gasteiger charge is -1.87. The molecule has 1 aliphatic rings. The molecule has 8 heavy (non-hydrogen) atoms. The highest BCUT2D eigenvalue weighted by Crippen LogP contribution is 2.05. The molecule has 1 nitrogen and oxygen atoms in total. The molecule has 0 amide bonds. The van der Waals surface area contributed by atoms with Crippen molar-refractivity contribution in [2.24, 2.45) is 0 Å². The van der Waals surface area contributed by atoms with E-state index in [1.54, 1.807) is 0 Å². The van der Waals surface area contributed by atoms with Gasteiger partial charge in [-0.3, -0.25) is 4.79 Å². The quantitative estimate of drug-likeness (QED) is 0.433. The van der Waals surface area contributed by atoms with Crippen LogP contribution in [0.2, 0.25) is 0 Å². The van der Waals surface area contributed by atoms with Crippen molar-refractivity contribution in [1.82, 2.24) is 0 Å². The van der Waals surface area contributed by atoms with E-state index in [4.69, 9.17) is 0 Å². The number of allylic oxidation sites excluding steroid dienone is 2. The Kier molecular flexibility index (Phi) is 1.84. The van der Waals surface area contributed by atoms with Crippen LogP contribution in [0.15, 0.2) is 12.2 Å². The van der Waals surface area contributed by atoms with Gasteiger partial charge < -0.3 is 0 Å². The molecule has 0 aromatic rings. The predicted molar refractivity (Wildman–Crippen MR) is 32.6 cm³/mol. The van der Waals surface area contributed by atoms with Crippen LogP contribution in [0.5, 0.6) is 0 Å². The summed E-state index contributed by atoms with van der Waals surface area (Å²) in [5, 5.41) is 0. The van der Waals surface area contributed by atoms with Crippen molar-refractivity contribution < 1.29 is 4.79 Å². The number of ketones is 1. The second-order valence-electron chi connectivity index (χ2n) is 2.11. The zero-order valence-corrected chi connectivity index (χ0v) is 4.89. The molecule has 0 saturated carbocycles. The first-order valence-corrected chi connectivity index (χ1v) is 3.06. The number of hydrogen-bond acceptors (Lipinski definition) is 1. The van der Waals surface area contributed by atoms with E-state index in [0.717, 1.165) is 19.3 Å². The van der Waals surface area contributed by atoms with E-state index < -0.39 is 0 Å². The Bertz CT molecular complexity index is 114. The molecule has 0 aliphatic heterocycles. The topological polar surface area (TPSA) is 17.1 Å². The van der Waals surface area contributed by atoms with Crippen LogP contribution in [0.25, 0.3) is 0 Å². The molecule has 0 aromatic carbocycles. The van der Waals surface area contributed by atoms with Gasteiger partial charge in [0, 0.05) is 12.8 Å². The van der Waals surface area contributed by atoms with Crippen LogP contribution < -0.4 is 0 Å². The molecular weight excluding hydrogens is 100 g/mol. The van der Waals surface area contributed by atoms with Gasteiger partial charge in [-0.05, 0) is 12.8 Å². The summed E-state index contributed by atoms with van der Waals surface area (Å²) in [6.45, 7) is 0. The average Bonchev–Trinajstić information content (AvgIpc) is 1.94. The molecule has 0 unspecified atom stereocenters. The Balaban J connectivity index is 2.41. The lowest BCUT2D eigenvalue weighted by molar-refractivity contribution is -0.118. The minimum Gasteiger partial charge on any atom is -0.299 e. The van der Waals surface area contributed by atoms with Gasteiger partial charge >= 0.3 is 0 Å². The summed E-state index contributed by atoms with van der Waals surface area (Å²) in [5.74, 6) is 0.388. The number of carbonyl (C=O) groups excluding carboxylic acids is 1. The molecule has 44 valence electrons. The van der Waals surface area contributed by atoms with Gasteiger partial charge in [-0.1, -0.05) is 12.2 Å². The SMILES string of the molecule is O=C1CC=CCCC1. The Morgan fingerprint density at radius 1 is 1.38 bits per heavy atom. The maximum atomic E-state index is 10.6. The van der Waals surface area contributed by atoms with Crippen molar-refractivity contribution in [3.8, 4) is 0 Å². The van der Waals surface area contributed by atoms with Gasteiger partial charge in [0.15, 0.2) is 0 Å². The largest absolute Gasteiger partial charge is 0.299 e. The number of Topliss-reactive ketones (excluding diaryl/α,β-unsaturated/α-hetero) is 1. The Labute approximate surface area is 49.4 Å². The second kappa shape index (κ2) is 2.65. The highest BCUT2D eigenvalue weighted by atomic mass is 16.1. The minimum absolute atomic E-state index is 0.388. The smallest absolute Gasteiger partial charge is 0.136 e. The molecule has 0 N–H and O–H groups in total. The van der Waals surface area contributed by atoms with E-state index >= 15 is 0 Å². The zero-order chi connectivity index (χ0) is 5.82. The second-order valence-corrected chi connectivity index (χ2v) is 2.11. The van der Waals surface area contributed by atoms with Crippen LogP contribution in [0, 0.1) is 0 Å². The lowest BCUT2D eigenvalue weighted by Crippen LogP contribution is -1.91. The summed E-state index contributed by atoms with van der Waals surface area (Å²) in [4.78, 5) is 10.6. The number of rotatable bonds is 0. The van der Waals surface area contributed by atoms with Crippen molar-refractivity contribution in [1.29, 1.82) is 0 Å². The first kappa shape index (κ1) is 5.54.